The van der Waals surface area contributed by atoms with Crippen LogP contribution in [-0.4, -0.2) is 6.85 Å². The van der Waals surface area contributed by atoms with Crippen LogP contribution in [-0.2, 0) is 27.1 Å². The Morgan fingerprint density at radius 2 is 1.03 bits per heavy atom. The van der Waals surface area contributed by atoms with Crippen molar-refractivity contribution in [2.45, 2.75) is 109 Å². The van der Waals surface area contributed by atoms with Gasteiger partial charge in [0.1, 0.15) is 11.2 Å². The largest absolute Gasteiger partial charge is 0.456 e. The first-order valence-electron chi connectivity index (χ1n) is 31.1. The number of hydrogen-bond donors (Lipinski definition) is 0. The molecule has 420 valence electrons. The van der Waals surface area contributed by atoms with Gasteiger partial charge in [-0.3, -0.25) is 0 Å². The quantitative estimate of drug-likeness (QED) is 0.155. The predicted octanol–water partition coefficient (Wildman–Crippen LogP) is 20.6. The van der Waals surface area contributed by atoms with Crippen LogP contribution in [0.5, 0.6) is 0 Å². The Morgan fingerprint density at radius 3 is 1.67 bits per heavy atom. The van der Waals surface area contributed by atoms with Gasteiger partial charge in [0.05, 0.1) is 11.1 Å². The van der Waals surface area contributed by atoms with Crippen molar-refractivity contribution in [3.63, 3.8) is 0 Å². The van der Waals surface area contributed by atoms with E-state index < -0.39 is 5.41 Å². The van der Waals surface area contributed by atoms with Crippen molar-refractivity contribution in [1.82, 2.24) is 0 Å². The number of rotatable bonds is 6. The van der Waals surface area contributed by atoms with Gasteiger partial charge in [-0.05, 0) is 173 Å². The minimum atomic E-state index is -0.703. The molecule has 1 aromatic heterocycles. The number of hydrogen-bond acceptors (Lipinski definition) is 4. The molecule has 4 aliphatic rings. The second-order valence-electron chi connectivity index (χ2n) is 28.3. The first-order valence-corrected chi connectivity index (χ1v) is 31.1. The lowest BCUT2D eigenvalue weighted by Crippen LogP contribution is -2.62. The van der Waals surface area contributed by atoms with Crippen LogP contribution in [0.2, 0.25) is 0 Å². The van der Waals surface area contributed by atoms with Crippen molar-refractivity contribution in [3.05, 3.63) is 275 Å². The second kappa shape index (κ2) is 18.5. The Labute approximate surface area is 507 Å². The highest BCUT2D eigenvalue weighted by molar-refractivity contribution is 6.94. The summed E-state index contributed by atoms with van der Waals surface area (Å²) in [6.45, 7) is 23.3. The molecule has 0 atom stereocenters. The van der Waals surface area contributed by atoms with E-state index in [4.69, 9.17) is 4.42 Å². The van der Waals surface area contributed by atoms with Crippen LogP contribution in [0.4, 0.5) is 45.5 Å². The molecule has 0 amide bonds. The lowest BCUT2D eigenvalue weighted by molar-refractivity contribution is 0.332. The summed E-state index contributed by atoms with van der Waals surface area (Å²) < 4.78 is 7.21. The Morgan fingerprint density at radius 1 is 0.453 bits per heavy atom. The lowest BCUT2D eigenvalue weighted by atomic mass is 9.42. The minimum absolute atomic E-state index is 0.00144. The maximum atomic E-state index is 7.21. The zero-order chi connectivity index (χ0) is 58.8. The molecule has 5 heteroatoms. The molecule has 0 saturated carbocycles. The van der Waals surface area contributed by atoms with Gasteiger partial charge in [-0.25, -0.2) is 0 Å². The van der Waals surface area contributed by atoms with Crippen molar-refractivity contribution in [1.29, 1.82) is 0 Å². The number of benzene rings is 11. The Kier molecular flexibility index (Phi) is 11.3. The van der Waals surface area contributed by atoms with Gasteiger partial charge in [-0.15, -0.1) is 0 Å². The van der Waals surface area contributed by atoms with Gasteiger partial charge in [0.25, 0.3) is 0 Å². The fraction of sp³-hybridized carbons (Fsp3) is 0.210. The fourth-order valence-electron chi connectivity index (χ4n) is 15.7. The maximum Gasteiger partial charge on any atom is 0.333 e. The first-order chi connectivity index (χ1) is 41.4. The van der Waals surface area contributed by atoms with E-state index >= 15 is 0 Å². The molecular formula is C81H72BN3O. The molecule has 3 aliphatic heterocycles. The van der Waals surface area contributed by atoms with E-state index in [1.807, 2.05) is 0 Å². The Bertz CT molecular complexity index is 4630. The topological polar surface area (TPSA) is 22.9 Å². The van der Waals surface area contributed by atoms with E-state index in [1.54, 1.807) is 0 Å². The molecule has 0 saturated heterocycles. The van der Waals surface area contributed by atoms with E-state index in [1.165, 1.54) is 94.4 Å². The molecule has 16 rings (SSSR count). The van der Waals surface area contributed by atoms with Crippen molar-refractivity contribution in [2.24, 2.45) is 0 Å². The molecule has 0 fully saturated rings. The number of nitrogens with zero attached hydrogens (tertiary/aromatic N) is 3. The average Bonchev–Trinajstić information content (AvgIpc) is 0.872. The van der Waals surface area contributed by atoms with Gasteiger partial charge in [0.15, 0.2) is 0 Å². The number of para-hydroxylation sites is 2. The van der Waals surface area contributed by atoms with Crippen LogP contribution in [0, 0.1) is 0 Å². The number of anilines is 8. The molecule has 0 radical (unpaired) electrons. The summed E-state index contributed by atoms with van der Waals surface area (Å²) in [6, 6.07) is 88.3. The molecular weight excluding hydrogens is 1040 g/mol. The average molecular weight is 1110 g/mol. The highest BCUT2D eigenvalue weighted by Gasteiger charge is 2.54. The molecule has 0 N–H and O–H groups in total. The van der Waals surface area contributed by atoms with E-state index in [2.05, 4.69) is 314 Å². The van der Waals surface area contributed by atoms with Crippen LogP contribution in [0.3, 0.4) is 0 Å². The van der Waals surface area contributed by atoms with Gasteiger partial charge in [-0.2, -0.15) is 0 Å². The minimum Gasteiger partial charge on any atom is -0.456 e. The van der Waals surface area contributed by atoms with Crippen LogP contribution < -0.4 is 25.5 Å². The van der Waals surface area contributed by atoms with Gasteiger partial charge in [-0.1, -0.05) is 227 Å². The SMILES string of the molecule is CC(C)(C)c1ccc(N(c2ccc(C(C)(C)C)cc2)c2ccc3c(c2)N(c2ccc4c(c2)C(C)(C)CCC4(C)C)B2c4cccc5c4N(c4cc6ccccc6cc4C5(c4ccccc4)c4ccccc4)c4cc5oc6ccccc6c5c-3c42)cc1. The highest BCUT2D eigenvalue weighted by Crippen LogP contribution is 2.61. The first kappa shape index (κ1) is 52.5. The summed E-state index contributed by atoms with van der Waals surface area (Å²) in [6.07, 6.45) is 2.26. The van der Waals surface area contributed by atoms with Crippen molar-refractivity contribution < 1.29 is 4.42 Å². The van der Waals surface area contributed by atoms with Gasteiger partial charge >= 0.3 is 6.85 Å². The zero-order valence-electron chi connectivity index (χ0n) is 51.2. The van der Waals surface area contributed by atoms with Crippen molar-refractivity contribution in [2.75, 3.05) is 14.6 Å². The second-order valence-corrected chi connectivity index (χ2v) is 28.3. The summed E-state index contributed by atoms with van der Waals surface area (Å²) in [5.41, 5.74) is 25.7. The summed E-state index contributed by atoms with van der Waals surface area (Å²) in [5, 5.41) is 4.69. The summed E-state index contributed by atoms with van der Waals surface area (Å²) >= 11 is 0. The Balaban J connectivity index is 1.06. The highest BCUT2D eigenvalue weighted by atomic mass is 16.3. The monoisotopic (exact) mass is 1110 g/mol. The van der Waals surface area contributed by atoms with Crippen LogP contribution in [0.1, 0.15) is 127 Å². The zero-order valence-corrected chi connectivity index (χ0v) is 51.2. The summed E-state index contributed by atoms with van der Waals surface area (Å²) in [5.74, 6) is 0. The Hall–Kier alpha value is -9.06. The summed E-state index contributed by atoms with van der Waals surface area (Å²) in [4.78, 5) is 7.89. The van der Waals surface area contributed by atoms with Gasteiger partial charge < -0.3 is 19.0 Å². The normalized spacial score (nSPS) is 15.9. The van der Waals surface area contributed by atoms with E-state index in [-0.39, 0.29) is 28.5 Å². The molecule has 0 unspecified atom stereocenters. The maximum absolute atomic E-state index is 7.21. The van der Waals surface area contributed by atoms with Crippen molar-refractivity contribution >= 4 is 96.0 Å². The van der Waals surface area contributed by atoms with Gasteiger partial charge in [0, 0.05) is 62.2 Å². The third-order valence-corrected chi connectivity index (χ3v) is 20.2. The molecule has 4 heterocycles. The molecule has 0 spiro atoms. The van der Waals surface area contributed by atoms with Crippen LogP contribution in [0.15, 0.2) is 235 Å². The van der Waals surface area contributed by atoms with Gasteiger partial charge in [0.2, 0.25) is 0 Å². The van der Waals surface area contributed by atoms with Crippen LogP contribution in [0.25, 0.3) is 43.8 Å². The van der Waals surface area contributed by atoms with E-state index in [0.717, 1.165) is 63.2 Å². The molecule has 11 aromatic carbocycles. The third kappa shape index (κ3) is 7.62. The van der Waals surface area contributed by atoms with E-state index in [0.29, 0.717) is 0 Å². The van der Waals surface area contributed by atoms with E-state index in [9.17, 15) is 0 Å². The smallest absolute Gasteiger partial charge is 0.333 e. The predicted molar refractivity (Wildman–Crippen MR) is 364 cm³/mol. The number of fused-ring (bicyclic) bond motifs is 12. The number of furan rings is 1. The molecule has 1 aliphatic carbocycles. The molecule has 4 nitrogen and oxygen atoms in total. The molecule has 0 bridgehead atoms. The standard InChI is InChI=1S/C81H72BN3O/c1-77(2,3)53-32-36-57(37-33-53)83(58-38-34-54(35-39-58)78(4,5)6)59-40-42-61-68(49-59)85(60-41-43-63-65(48-60)80(9,10)45-44-79(63,7)8)82-67-30-21-29-64-76(67)84(70-50-72-73(74(61)75(70)82)62-28-19-20-31-71(62)86-72)69-47-52-23-18-17-22-51(52)46-66(69)81(64,55-24-13-11-14-25-55)56-26-15-12-16-27-56/h11-43,46-50H,44-45H2,1-10H3. The van der Waals surface area contributed by atoms with Crippen molar-refractivity contribution in [3.8, 4) is 11.1 Å². The lowest BCUT2D eigenvalue weighted by Gasteiger charge is -2.52. The fourth-order valence-corrected chi connectivity index (χ4v) is 15.7. The molecule has 12 aromatic rings. The van der Waals surface area contributed by atoms with Crippen LogP contribution >= 0.6 is 0 Å². The molecule has 86 heavy (non-hydrogen) atoms. The third-order valence-electron chi connectivity index (χ3n) is 20.2. The summed E-state index contributed by atoms with van der Waals surface area (Å²) in [7, 11) is 0.